The molecule has 0 radical (unpaired) electrons. The van der Waals surface area contributed by atoms with Gasteiger partial charge in [-0.05, 0) is 51.1 Å². The molecular formula is C15H23N3O2. The fourth-order valence-corrected chi connectivity index (χ4v) is 2.82. The van der Waals surface area contributed by atoms with E-state index in [4.69, 9.17) is 10.8 Å². The van der Waals surface area contributed by atoms with Gasteiger partial charge in [0.2, 0.25) is 0 Å². The minimum absolute atomic E-state index is 0.193. The summed E-state index contributed by atoms with van der Waals surface area (Å²) in [5.41, 5.74) is 7.17. The van der Waals surface area contributed by atoms with Crippen LogP contribution in [0.4, 0.5) is 11.4 Å². The molecule has 0 spiro atoms. The zero-order valence-electron chi connectivity index (χ0n) is 12.2. The standard InChI is InChI=1S/C15H23N3O2/c1-17(2)10-11-5-7-18(8-6-11)12-3-4-14(16)13(9-12)15(19)20/h3-4,9,11H,5-8,10,16H2,1-2H3,(H,19,20). The number of rotatable bonds is 4. The van der Waals surface area contributed by atoms with Crippen LogP contribution >= 0.6 is 0 Å². The number of benzene rings is 1. The molecule has 1 saturated heterocycles. The van der Waals surface area contributed by atoms with E-state index in [-0.39, 0.29) is 5.56 Å². The molecule has 0 aromatic heterocycles. The van der Waals surface area contributed by atoms with Gasteiger partial charge in [-0.2, -0.15) is 0 Å². The van der Waals surface area contributed by atoms with Crippen molar-refractivity contribution in [2.45, 2.75) is 12.8 Å². The molecule has 0 bridgehead atoms. The molecular weight excluding hydrogens is 254 g/mol. The van der Waals surface area contributed by atoms with Crippen LogP contribution in [-0.4, -0.2) is 49.7 Å². The number of carbonyl (C=O) groups is 1. The van der Waals surface area contributed by atoms with E-state index in [2.05, 4.69) is 23.9 Å². The highest BCUT2D eigenvalue weighted by Crippen LogP contribution is 2.26. The van der Waals surface area contributed by atoms with Crippen LogP contribution in [0.2, 0.25) is 0 Å². The number of carboxylic acids is 1. The number of hydrogen-bond donors (Lipinski definition) is 2. The van der Waals surface area contributed by atoms with Crippen molar-refractivity contribution in [3.63, 3.8) is 0 Å². The number of anilines is 2. The summed E-state index contributed by atoms with van der Waals surface area (Å²) in [6.45, 7) is 3.07. The van der Waals surface area contributed by atoms with E-state index in [1.54, 1.807) is 12.1 Å². The highest BCUT2D eigenvalue weighted by atomic mass is 16.4. The summed E-state index contributed by atoms with van der Waals surface area (Å²) in [5, 5.41) is 9.13. The van der Waals surface area contributed by atoms with Gasteiger partial charge in [-0.15, -0.1) is 0 Å². The first-order valence-electron chi connectivity index (χ1n) is 7.00. The van der Waals surface area contributed by atoms with Gasteiger partial charge in [0.15, 0.2) is 0 Å². The Kier molecular flexibility index (Phi) is 4.49. The average Bonchev–Trinajstić information content (AvgIpc) is 2.39. The first-order valence-corrected chi connectivity index (χ1v) is 7.00. The monoisotopic (exact) mass is 277 g/mol. The Morgan fingerprint density at radius 3 is 2.60 bits per heavy atom. The third kappa shape index (κ3) is 3.42. The van der Waals surface area contributed by atoms with E-state index in [1.165, 1.54) is 0 Å². The molecule has 0 aliphatic carbocycles. The van der Waals surface area contributed by atoms with E-state index in [0.717, 1.165) is 44.1 Å². The highest BCUT2D eigenvalue weighted by molar-refractivity contribution is 5.94. The lowest BCUT2D eigenvalue weighted by Gasteiger charge is -2.34. The Morgan fingerprint density at radius 1 is 1.40 bits per heavy atom. The van der Waals surface area contributed by atoms with Crippen molar-refractivity contribution in [3.8, 4) is 0 Å². The van der Waals surface area contributed by atoms with Gasteiger partial charge in [-0.1, -0.05) is 0 Å². The predicted octanol–water partition coefficient (Wildman–Crippen LogP) is 1.75. The fraction of sp³-hybridized carbons (Fsp3) is 0.533. The average molecular weight is 277 g/mol. The van der Waals surface area contributed by atoms with Crippen LogP contribution in [0.25, 0.3) is 0 Å². The van der Waals surface area contributed by atoms with Crippen molar-refractivity contribution in [3.05, 3.63) is 23.8 Å². The quantitative estimate of drug-likeness (QED) is 0.820. The molecule has 0 saturated carbocycles. The molecule has 1 aliphatic heterocycles. The molecule has 1 heterocycles. The predicted molar refractivity (Wildman–Crippen MR) is 81.3 cm³/mol. The zero-order valence-corrected chi connectivity index (χ0v) is 12.2. The van der Waals surface area contributed by atoms with Crippen molar-refractivity contribution in [1.82, 2.24) is 4.90 Å². The molecule has 3 N–H and O–H groups in total. The maximum atomic E-state index is 11.1. The molecule has 2 rings (SSSR count). The topological polar surface area (TPSA) is 69.8 Å². The summed E-state index contributed by atoms with van der Waals surface area (Å²) in [5.74, 6) is -0.235. The van der Waals surface area contributed by atoms with Gasteiger partial charge in [0.05, 0.1) is 5.56 Å². The van der Waals surface area contributed by atoms with Crippen molar-refractivity contribution in [1.29, 1.82) is 0 Å². The number of nitrogens with two attached hydrogens (primary N) is 1. The van der Waals surface area contributed by atoms with E-state index in [9.17, 15) is 4.79 Å². The van der Waals surface area contributed by atoms with Crippen LogP contribution in [0.15, 0.2) is 18.2 Å². The van der Waals surface area contributed by atoms with E-state index in [0.29, 0.717) is 5.69 Å². The lowest BCUT2D eigenvalue weighted by Crippen LogP contribution is -2.37. The van der Waals surface area contributed by atoms with Crippen LogP contribution in [0, 0.1) is 5.92 Å². The lowest BCUT2D eigenvalue weighted by molar-refractivity contribution is 0.0698. The largest absolute Gasteiger partial charge is 0.478 e. The molecule has 1 aromatic carbocycles. The second kappa shape index (κ2) is 6.13. The summed E-state index contributed by atoms with van der Waals surface area (Å²) < 4.78 is 0. The number of nitrogens with zero attached hydrogens (tertiary/aromatic N) is 2. The van der Waals surface area contributed by atoms with Gasteiger partial charge in [0, 0.05) is 31.0 Å². The molecule has 1 aliphatic rings. The molecule has 0 amide bonds. The SMILES string of the molecule is CN(C)CC1CCN(c2ccc(N)c(C(=O)O)c2)CC1. The summed E-state index contributed by atoms with van der Waals surface area (Å²) in [4.78, 5) is 15.6. The van der Waals surface area contributed by atoms with E-state index >= 15 is 0 Å². The number of hydrogen-bond acceptors (Lipinski definition) is 4. The Bertz CT molecular complexity index is 480. The fourth-order valence-electron chi connectivity index (χ4n) is 2.82. The maximum absolute atomic E-state index is 11.1. The van der Waals surface area contributed by atoms with Crippen LogP contribution in [-0.2, 0) is 0 Å². The highest BCUT2D eigenvalue weighted by Gasteiger charge is 2.21. The van der Waals surface area contributed by atoms with Gasteiger partial charge in [-0.3, -0.25) is 0 Å². The van der Waals surface area contributed by atoms with Crippen LogP contribution in [0.5, 0.6) is 0 Å². The summed E-state index contributed by atoms with van der Waals surface area (Å²) in [7, 11) is 4.21. The number of carboxylic acid groups (broad SMARTS) is 1. The van der Waals surface area contributed by atoms with E-state index in [1.807, 2.05) is 6.07 Å². The molecule has 5 nitrogen and oxygen atoms in total. The Hall–Kier alpha value is -1.75. The van der Waals surface area contributed by atoms with Gasteiger partial charge < -0.3 is 20.6 Å². The molecule has 20 heavy (non-hydrogen) atoms. The minimum Gasteiger partial charge on any atom is -0.478 e. The number of nitrogen functional groups attached to an aromatic ring is 1. The molecule has 0 atom stereocenters. The van der Waals surface area contributed by atoms with Gasteiger partial charge >= 0.3 is 5.97 Å². The maximum Gasteiger partial charge on any atom is 0.337 e. The van der Waals surface area contributed by atoms with Crippen LogP contribution < -0.4 is 10.6 Å². The Morgan fingerprint density at radius 2 is 2.05 bits per heavy atom. The van der Waals surface area contributed by atoms with Gasteiger partial charge in [0.25, 0.3) is 0 Å². The Labute approximate surface area is 120 Å². The normalized spacial score (nSPS) is 16.6. The summed E-state index contributed by atoms with van der Waals surface area (Å²) >= 11 is 0. The number of piperidine rings is 1. The minimum atomic E-state index is -0.966. The van der Waals surface area contributed by atoms with Crippen LogP contribution in [0.3, 0.4) is 0 Å². The zero-order chi connectivity index (χ0) is 14.7. The molecule has 110 valence electrons. The third-order valence-corrected chi connectivity index (χ3v) is 3.87. The second-order valence-electron chi connectivity index (χ2n) is 5.77. The molecule has 5 heteroatoms. The van der Waals surface area contributed by atoms with Crippen molar-refractivity contribution in [2.75, 3.05) is 44.4 Å². The molecule has 1 fully saturated rings. The van der Waals surface area contributed by atoms with Crippen molar-refractivity contribution in [2.24, 2.45) is 5.92 Å². The smallest absolute Gasteiger partial charge is 0.337 e. The van der Waals surface area contributed by atoms with Crippen molar-refractivity contribution >= 4 is 17.3 Å². The number of aromatic carboxylic acids is 1. The molecule has 0 unspecified atom stereocenters. The third-order valence-electron chi connectivity index (χ3n) is 3.87. The van der Waals surface area contributed by atoms with E-state index < -0.39 is 5.97 Å². The van der Waals surface area contributed by atoms with Crippen LogP contribution in [0.1, 0.15) is 23.2 Å². The van der Waals surface area contributed by atoms with Crippen molar-refractivity contribution < 1.29 is 9.90 Å². The van der Waals surface area contributed by atoms with Gasteiger partial charge in [-0.25, -0.2) is 4.79 Å². The summed E-state index contributed by atoms with van der Waals surface area (Å²) in [6, 6.07) is 5.28. The Balaban J connectivity index is 2.03. The first-order chi connectivity index (χ1) is 9.47. The lowest BCUT2D eigenvalue weighted by atomic mass is 9.96. The molecule has 1 aromatic rings. The second-order valence-corrected chi connectivity index (χ2v) is 5.77. The van der Waals surface area contributed by atoms with Gasteiger partial charge in [0.1, 0.15) is 0 Å². The summed E-state index contributed by atoms with van der Waals surface area (Å²) in [6.07, 6.45) is 2.29. The first kappa shape index (κ1) is 14.7.